The molecule has 3 amide bonds. The fraction of sp³-hybridized carbons (Fsp3) is 0.444. The van der Waals surface area contributed by atoms with Gasteiger partial charge in [0.15, 0.2) is 0 Å². The summed E-state index contributed by atoms with van der Waals surface area (Å²) >= 11 is 0. The van der Waals surface area contributed by atoms with Crippen LogP contribution in [0, 0.1) is 0 Å². The molecule has 9 heteroatoms. The highest BCUT2D eigenvalue weighted by Crippen LogP contribution is 2.35. The van der Waals surface area contributed by atoms with E-state index in [-0.39, 0.29) is 41.0 Å². The number of piperazine rings is 1. The monoisotopic (exact) mass is 495 g/mol. The molecule has 2 N–H and O–H groups in total. The van der Waals surface area contributed by atoms with Gasteiger partial charge in [0.1, 0.15) is 17.1 Å². The minimum Gasteiger partial charge on any atom is -0.508 e. The summed E-state index contributed by atoms with van der Waals surface area (Å²) in [5.41, 5.74) is 1.67. The molecule has 0 aromatic heterocycles. The van der Waals surface area contributed by atoms with Gasteiger partial charge < -0.3 is 29.6 Å². The van der Waals surface area contributed by atoms with Crippen molar-refractivity contribution >= 4 is 23.6 Å². The quantitative estimate of drug-likeness (QED) is 0.656. The van der Waals surface area contributed by atoms with Crippen LogP contribution in [0.25, 0.3) is 0 Å². The van der Waals surface area contributed by atoms with Gasteiger partial charge in [-0.05, 0) is 76.4 Å². The number of anilines is 1. The third kappa shape index (κ3) is 5.24. The molecule has 4 rings (SSSR count). The van der Waals surface area contributed by atoms with Crippen molar-refractivity contribution in [2.45, 2.75) is 52.2 Å². The lowest BCUT2D eigenvalue weighted by Gasteiger charge is -2.37. The fourth-order valence-corrected chi connectivity index (χ4v) is 4.63. The number of phenols is 2. The Balaban J connectivity index is 1.49. The summed E-state index contributed by atoms with van der Waals surface area (Å²) in [4.78, 5) is 43.8. The zero-order valence-electron chi connectivity index (χ0n) is 21.2. The summed E-state index contributed by atoms with van der Waals surface area (Å²) in [5.74, 6) is -0.879. The lowest BCUT2D eigenvalue weighted by Crippen LogP contribution is -2.51. The van der Waals surface area contributed by atoms with E-state index < -0.39 is 5.60 Å². The molecule has 0 radical (unpaired) electrons. The summed E-state index contributed by atoms with van der Waals surface area (Å²) in [5, 5.41) is 19.8. The number of fused-ring (bicyclic) bond motifs is 1. The number of nitrogens with zero attached hydrogens (tertiary/aromatic N) is 3. The third-order valence-corrected chi connectivity index (χ3v) is 6.51. The summed E-state index contributed by atoms with van der Waals surface area (Å²) in [6.07, 6.45) is 1.06. The predicted molar refractivity (Wildman–Crippen MR) is 135 cm³/mol. The van der Waals surface area contributed by atoms with Gasteiger partial charge in [0.2, 0.25) is 0 Å². The molecule has 2 heterocycles. The largest absolute Gasteiger partial charge is 0.508 e. The number of carbonyl (C=O) groups excluding carboxylic acids is 3. The zero-order valence-corrected chi connectivity index (χ0v) is 21.2. The number of benzene rings is 2. The summed E-state index contributed by atoms with van der Waals surface area (Å²) in [6, 6.07) is 9.16. The Kier molecular flexibility index (Phi) is 6.84. The summed E-state index contributed by atoms with van der Waals surface area (Å²) in [7, 11) is 0. The van der Waals surface area contributed by atoms with Gasteiger partial charge in [-0.15, -0.1) is 0 Å². The first-order valence-electron chi connectivity index (χ1n) is 12.2. The first-order chi connectivity index (χ1) is 16.9. The Hall–Kier alpha value is -3.75. The maximum atomic E-state index is 13.3. The molecule has 2 aliphatic heterocycles. The van der Waals surface area contributed by atoms with E-state index in [2.05, 4.69) is 0 Å². The SMILES string of the molecule is C[C@H]1CCc2cc(C(=O)N3CCN(C(=O)OC(C)(C)C)CC3)ccc2N1C(=O)c1ccc(O)cc1O. The molecule has 0 bridgehead atoms. The molecular weight excluding hydrogens is 462 g/mol. The number of aryl methyl sites for hydroxylation is 1. The summed E-state index contributed by atoms with van der Waals surface area (Å²) < 4.78 is 5.43. The molecule has 36 heavy (non-hydrogen) atoms. The highest BCUT2D eigenvalue weighted by molar-refractivity contribution is 6.09. The van der Waals surface area contributed by atoms with Crippen LogP contribution >= 0.6 is 0 Å². The van der Waals surface area contributed by atoms with Crippen LogP contribution in [0.15, 0.2) is 36.4 Å². The fourth-order valence-electron chi connectivity index (χ4n) is 4.63. The number of amides is 3. The number of aromatic hydroxyl groups is 2. The average Bonchev–Trinajstić information content (AvgIpc) is 2.82. The normalized spacial score (nSPS) is 18.0. The van der Waals surface area contributed by atoms with Crippen LogP contribution in [0.2, 0.25) is 0 Å². The average molecular weight is 496 g/mol. The molecule has 2 aromatic rings. The van der Waals surface area contributed by atoms with Gasteiger partial charge in [0.25, 0.3) is 11.8 Å². The first-order valence-corrected chi connectivity index (χ1v) is 12.2. The van der Waals surface area contributed by atoms with Crippen molar-refractivity contribution in [2.75, 3.05) is 31.1 Å². The highest BCUT2D eigenvalue weighted by Gasteiger charge is 2.32. The number of hydrogen-bond acceptors (Lipinski definition) is 6. The van der Waals surface area contributed by atoms with E-state index in [1.54, 1.807) is 26.8 Å². The maximum absolute atomic E-state index is 13.3. The van der Waals surface area contributed by atoms with Crippen molar-refractivity contribution in [1.82, 2.24) is 9.80 Å². The molecule has 1 fully saturated rings. The zero-order chi connectivity index (χ0) is 26.2. The van der Waals surface area contributed by atoms with E-state index in [4.69, 9.17) is 4.74 Å². The smallest absolute Gasteiger partial charge is 0.410 e. The molecule has 0 saturated carbocycles. The maximum Gasteiger partial charge on any atom is 0.410 e. The Bertz CT molecular complexity index is 1180. The number of hydrogen-bond donors (Lipinski definition) is 2. The number of carbonyl (C=O) groups is 3. The van der Waals surface area contributed by atoms with E-state index in [0.29, 0.717) is 43.9 Å². The van der Waals surface area contributed by atoms with Crippen molar-refractivity contribution in [3.8, 4) is 11.5 Å². The van der Waals surface area contributed by atoms with Crippen molar-refractivity contribution in [3.63, 3.8) is 0 Å². The van der Waals surface area contributed by atoms with Gasteiger partial charge in [-0.2, -0.15) is 0 Å². The molecule has 0 aliphatic carbocycles. The van der Waals surface area contributed by atoms with Crippen LogP contribution in [-0.4, -0.2) is 75.7 Å². The van der Waals surface area contributed by atoms with Gasteiger partial charge in [-0.3, -0.25) is 9.59 Å². The van der Waals surface area contributed by atoms with Crippen molar-refractivity contribution < 1.29 is 29.3 Å². The predicted octanol–water partition coefficient (Wildman–Crippen LogP) is 3.77. The Morgan fingerprint density at radius 2 is 1.58 bits per heavy atom. The molecular formula is C27H33N3O6. The molecule has 0 spiro atoms. The van der Waals surface area contributed by atoms with Crippen LogP contribution < -0.4 is 4.90 Å². The van der Waals surface area contributed by atoms with Crippen LogP contribution in [0.3, 0.4) is 0 Å². The number of phenolic OH excluding ortho intramolecular Hbond substituents is 2. The van der Waals surface area contributed by atoms with Crippen LogP contribution in [0.5, 0.6) is 11.5 Å². The minimum absolute atomic E-state index is 0.0966. The standard InChI is InChI=1S/C27H33N3O6/c1-17-5-6-18-15-19(24(33)28-11-13-29(14-12-28)26(35)36-27(2,3)4)7-10-22(18)30(17)25(34)21-9-8-20(31)16-23(21)32/h7-10,15-17,31-32H,5-6,11-14H2,1-4H3/t17-/m0/s1. The molecule has 192 valence electrons. The molecule has 2 aliphatic rings. The van der Waals surface area contributed by atoms with E-state index in [1.807, 2.05) is 33.8 Å². The second kappa shape index (κ2) is 9.72. The van der Waals surface area contributed by atoms with Crippen LogP contribution in [0.1, 0.15) is 60.4 Å². The third-order valence-electron chi connectivity index (χ3n) is 6.51. The molecule has 9 nitrogen and oxygen atoms in total. The van der Waals surface area contributed by atoms with E-state index in [0.717, 1.165) is 18.1 Å². The summed E-state index contributed by atoms with van der Waals surface area (Å²) in [6.45, 7) is 9.05. The van der Waals surface area contributed by atoms with Gasteiger partial charge in [0, 0.05) is 49.5 Å². The van der Waals surface area contributed by atoms with Gasteiger partial charge in [-0.1, -0.05) is 0 Å². The van der Waals surface area contributed by atoms with Crippen LogP contribution in [0.4, 0.5) is 10.5 Å². The highest BCUT2D eigenvalue weighted by atomic mass is 16.6. The van der Waals surface area contributed by atoms with E-state index in [9.17, 15) is 24.6 Å². The number of rotatable bonds is 2. The second-order valence-electron chi connectivity index (χ2n) is 10.4. The van der Waals surface area contributed by atoms with Gasteiger partial charge >= 0.3 is 6.09 Å². The Labute approximate surface area is 210 Å². The first kappa shape index (κ1) is 25.3. The van der Waals surface area contributed by atoms with Crippen molar-refractivity contribution in [2.24, 2.45) is 0 Å². The van der Waals surface area contributed by atoms with Crippen LogP contribution in [-0.2, 0) is 11.2 Å². The second-order valence-corrected chi connectivity index (χ2v) is 10.4. The molecule has 1 atom stereocenters. The van der Waals surface area contributed by atoms with Crippen molar-refractivity contribution in [3.05, 3.63) is 53.1 Å². The minimum atomic E-state index is -0.568. The Morgan fingerprint density at radius 1 is 0.917 bits per heavy atom. The molecule has 2 aromatic carbocycles. The van der Waals surface area contributed by atoms with Gasteiger partial charge in [0.05, 0.1) is 5.56 Å². The van der Waals surface area contributed by atoms with Crippen molar-refractivity contribution in [1.29, 1.82) is 0 Å². The van der Waals surface area contributed by atoms with E-state index >= 15 is 0 Å². The lowest BCUT2D eigenvalue weighted by atomic mass is 9.93. The van der Waals surface area contributed by atoms with E-state index in [1.165, 1.54) is 12.1 Å². The molecule has 1 saturated heterocycles. The lowest BCUT2D eigenvalue weighted by molar-refractivity contribution is 0.0141. The Morgan fingerprint density at radius 3 is 2.22 bits per heavy atom. The van der Waals surface area contributed by atoms with Gasteiger partial charge in [-0.25, -0.2) is 4.79 Å². The number of ether oxygens (including phenoxy) is 1. The topological polar surface area (TPSA) is 111 Å². The molecule has 0 unspecified atom stereocenters.